The molecular formula is C14H28N2O. The lowest BCUT2D eigenvalue weighted by molar-refractivity contribution is -0.127. The highest BCUT2D eigenvalue weighted by molar-refractivity contribution is 5.85. The minimum Gasteiger partial charge on any atom is -0.354 e. The van der Waals surface area contributed by atoms with E-state index >= 15 is 0 Å². The third-order valence-corrected chi connectivity index (χ3v) is 4.22. The SMILES string of the molecule is CCNC(C)(C)C(=O)NCC1(CC)CCCC1. The number of rotatable bonds is 6. The zero-order valence-electron chi connectivity index (χ0n) is 11.9. The zero-order valence-corrected chi connectivity index (χ0v) is 11.9. The van der Waals surface area contributed by atoms with Crippen LogP contribution in [0.2, 0.25) is 0 Å². The summed E-state index contributed by atoms with van der Waals surface area (Å²) in [6.07, 6.45) is 6.35. The van der Waals surface area contributed by atoms with Crippen LogP contribution in [-0.2, 0) is 4.79 Å². The van der Waals surface area contributed by atoms with E-state index in [-0.39, 0.29) is 5.91 Å². The minimum absolute atomic E-state index is 0.124. The first-order valence-electron chi connectivity index (χ1n) is 6.99. The number of likely N-dealkylation sites (N-methyl/N-ethyl adjacent to an activating group) is 1. The van der Waals surface area contributed by atoms with Gasteiger partial charge in [-0.05, 0) is 45.1 Å². The van der Waals surface area contributed by atoms with Gasteiger partial charge in [-0.1, -0.05) is 26.7 Å². The number of hydrogen-bond donors (Lipinski definition) is 2. The van der Waals surface area contributed by atoms with Crippen molar-refractivity contribution in [2.45, 2.75) is 65.3 Å². The Kier molecular flexibility index (Phi) is 4.99. The molecular weight excluding hydrogens is 212 g/mol. The second-order valence-electron chi connectivity index (χ2n) is 5.90. The molecule has 0 atom stereocenters. The Labute approximate surface area is 106 Å². The van der Waals surface area contributed by atoms with Crippen molar-refractivity contribution in [3.63, 3.8) is 0 Å². The fourth-order valence-electron chi connectivity index (χ4n) is 2.79. The first-order chi connectivity index (χ1) is 7.96. The summed E-state index contributed by atoms with van der Waals surface area (Å²) in [5, 5.41) is 6.36. The molecule has 1 saturated carbocycles. The lowest BCUT2D eigenvalue weighted by Gasteiger charge is -2.31. The van der Waals surface area contributed by atoms with Crippen molar-refractivity contribution in [2.24, 2.45) is 5.41 Å². The molecule has 0 radical (unpaired) electrons. The lowest BCUT2D eigenvalue weighted by Crippen LogP contribution is -2.54. The summed E-state index contributed by atoms with van der Waals surface area (Å²) in [7, 11) is 0. The van der Waals surface area contributed by atoms with Gasteiger partial charge in [-0.25, -0.2) is 0 Å². The molecule has 0 aromatic rings. The van der Waals surface area contributed by atoms with Crippen LogP contribution in [0, 0.1) is 5.41 Å². The van der Waals surface area contributed by atoms with Crippen LogP contribution in [0.15, 0.2) is 0 Å². The second kappa shape index (κ2) is 5.85. The fourth-order valence-corrected chi connectivity index (χ4v) is 2.79. The predicted octanol–water partition coefficient (Wildman–Crippen LogP) is 2.46. The number of carbonyl (C=O) groups is 1. The number of nitrogens with one attached hydrogen (secondary N) is 2. The minimum atomic E-state index is -0.456. The quantitative estimate of drug-likeness (QED) is 0.749. The summed E-state index contributed by atoms with van der Waals surface area (Å²) in [5.74, 6) is 0.124. The molecule has 1 aliphatic carbocycles. The first kappa shape index (κ1) is 14.5. The molecule has 1 rings (SSSR count). The molecule has 0 aromatic carbocycles. The van der Waals surface area contributed by atoms with Crippen molar-refractivity contribution in [3.8, 4) is 0 Å². The van der Waals surface area contributed by atoms with Crippen molar-refractivity contribution in [2.75, 3.05) is 13.1 Å². The van der Waals surface area contributed by atoms with Crippen LogP contribution in [0.4, 0.5) is 0 Å². The maximum atomic E-state index is 12.1. The monoisotopic (exact) mass is 240 g/mol. The average molecular weight is 240 g/mol. The molecule has 1 amide bonds. The molecule has 100 valence electrons. The van der Waals surface area contributed by atoms with Gasteiger partial charge in [0.05, 0.1) is 5.54 Å². The van der Waals surface area contributed by atoms with Crippen LogP contribution in [0.3, 0.4) is 0 Å². The third-order valence-electron chi connectivity index (χ3n) is 4.22. The summed E-state index contributed by atoms with van der Waals surface area (Å²) in [4.78, 5) is 12.1. The Morgan fingerprint density at radius 2 is 1.82 bits per heavy atom. The highest BCUT2D eigenvalue weighted by atomic mass is 16.2. The summed E-state index contributed by atoms with van der Waals surface area (Å²) < 4.78 is 0. The van der Waals surface area contributed by atoms with Gasteiger partial charge in [0.15, 0.2) is 0 Å². The number of amides is 1. The number of hydrogen-bond acceptors (Lipinski definition) is 2. The van der Waals surface area contributed by atoms with Crippen molar-refractivity contribution < 1.29 is 4.79 Å². The van der Waals surface area contributed by atoms with Crippen LogP contribution >= 0.6 is 0 Å². The van der Waals surface area contributed by atoms with Gasteiger partial charge in [-0.2, -0.15) is 0 Å². The van der Waals surface area contributed by atoms with Crippen molar-refractivity contribution in [1.82, 2.24) is 10.6 Å². The van der Waals surface area contributed by atoms with Crippen LogP contribution < -0.4 is 10.6 Å². The van der Waals surface area contributed by atoms with Gasteiger partial charge in [-0.15, -0.1) is 0 Å². The molecule has 0 unspecified atom stereocenters. The van der Waals surface area contributed by atoms with Crippen LogP contribution in [0.1, 0.15) is 59.8 Å². The van der Waals surface area contributed by atoms with Gasteiger partial charge in [0, 0.05) is 6.54 Å². The van der Waals surface area contributed by atoms with Gasteiger partial charge in [-0.3, -0.25) is 4.79 Å². The lowest BCUT2D eigenvalue weighted by atomic mass is 9.83. The predicted molar refractivity (Wildman–Crippen MR) is 72.0 cm³/mol. The molecule has 1 fully saturated rings. The van der Waals surface area contributed by atoms with E-state index in [1.165, 1.54) is 32.1 Å². The Bertz CT molecular complexity index is 255. The topological polar surface area (TPSA) is 41.1 Å². The van der Waals surface area contributed by atoms with Gasteiger partial charge < -0.3 is 10.6 Å². The molecule has 17 heavy (non-hydrogen) atoms. The van der Waals surface area contributed by atoms with Crippen LogP contribution in [-0.4, -0.2) is 24.5 Å². The van der Waals surface area contributed by atoms with Crippen LogP contribution in [0.25, 0.3) is 0 Å². The van der Waals surface area contributed by atoms with Gasteiger partial charge in [0.1, 0.15) is 0 Å². The molecule has 0 heterocycles. The first-order valence-corrected chi connectivity index (χ1v) is 6.99. The highest BCUT2D eigenvalue weighted by Crippen LogP contribution is 2.40. The molecule has 3 nitrogen and oxygen atoms in total. The molecule has 0 aliphatic heterocycles. The largest absolute Gasteiger partial charge is 0.354 e. The highest BCUT2D eigenvalue weighted by Gasteiger charge is 2.34. The van der Waals surface area contributed by atoms with Crippen molar-refractivity contribution in [1.29, 1.82) is 0 Å². The van der Waals surface area contributed by atoms with Crippen molar-refractivity contribution >= 4 is 5.91 Å². The summed E-state index contributed by atoms with van der Waals surface area (Å²) in [6.45, 7) is 9.82. The normalized spacial score (nSPS) is 19.3. The Hall–Kier alpha value is -0.570. The summed E-state index contributed by atoms with van der Waals surface area (Å²) >= 11 is 0. The molecule has 0 saturated heterocycles. The second-order valence-corrected chi connectivity index (χ2v) is 5.90. The maximum absolute atomic E-state index is 12.1. The van der Waals surface area contributed by atoms with E-state index in [1.807, 2.05) is 20.8 Å². The van der Waals surface area contributed by atoms with E-state index in [1.54, 1.807) is 0 Å². The van der Waals surface area contributed by atoms with E-state index in [0.717, 1.165) is 13.1 Å². The standard InChI is InChI=1S/C14H28N2O/c1-5-14(9-7-8-10-14)11-15-12(17)13(3,4)16-6-2/h16H,5-11H2,1-4H3,(H,15,17). The zero-order chi connectivity index (χ0) is 12.9. The molecule has 1 aliphatic rings. The number of carbonyl (C=O) groups excluding carboxylic acids is 1. The average Bonchev–Trinajstić information content (AvgIpc) is 2.75. The summed E-state index contributed by atoms with van der Waals surface area (Å²) in [5.41, 5.74) is -0.0831. The van der Waals surface area contributed by atoms with E-state index in [9.17, 15) is 4.79 Å². The summed E-state index contributed by atoms with van der Waals surface area (Å²) in [6, 6.07) is 0. The fraction of sp³-hybridized carbons (Fsp3) is 0.929. The Balaban J connectivity index is 2.46. The van der Waals surface area contributed by atoms with Crippen molar-refractivity contribution in [3.05, 3.63) is 0 Å². The van der Waals surface area contributed by atoms with E-state index in [0.29, 0.717) is 5.41 Å². The Morgan fingerprint density at radius 1 is 1.24 bits per heavy atom. The van der Waals surface area contributed by atoms with Gasteiger partial charge in [0.25, 0.3) is 0 Å². The van der Waals surface area contributed by atoms with E-state index < -0.39 is 5.54 Å². The molecule has 0 bridgehead atoms. The third kappa shape index (κ3) is 3.70. The molecule has 0 spiro atoms. The molecule has 3 heteroatoms. The van der Waals surface area contributed by atoms with Gasteiger partial charge in [0.2, 0.25) is 5.91 Å². The van der Waals surface area contributed by atoms with Crippen LogP contribution in [0.5, 0.6) is 0 Å². The molecule has 2 N–H and O–H groups in total. The van der Waals surface area contributed by atoms with E-state index in [4.69, 9.17) is 0 Å². The maximum Gasteiger partial charge on any atom is 0.239 e. The van der Waals surface area contributed by atoms with E-state index in [2.05, 4.69) is 17.6 Å². The molecule has 0 aromatic heterocycles. The smallest absolute Gasteiger partial charge is 0.239 e. The van der Waals surface area contributed by atoms with Gasteiger partial charge >= 0.3 is 0 Å². The Morgan fingerprint density at radius 3 is 2.29 bits per heavy atom.